The Morgan fingerprint density at radius 1 is 1.22 bits per heavy atom. The van der Waals surface area contributed by atoms with Gasteiger partial charge in [-0.1, -0.05) is 23.7 Å². The Morgan fingerprint density at radius 2 is 1.96 bits per heavy atom. The summed E-state index contributed by atoms with van der Waals surface area (Å²) in [6.07, 6.45) is 0. The molecular formula is C16H13ClFNO4. The lowest BCUT2D eigenvalue weighted by Gasteiger charge is -2.10. The molecule has 0 atom stereocenters. The number of nitrogens with one attached hydrogen (secondary N) is 1. The molecule has 23 heavy (non-hydrogen) atoms. The molecule has 0 saturated heterocycles. The van der Waals surface area contributed by atoms with Crippen molar-refractivity contribution in [1.82, 2.24) is 0 Å². The summed E-state index contributed by atoms with van der Waals surface area (Å²) in [6, 6.07) is 10.3. The third-order valence-electron chi connectivity index (χ3n) is 2.87. The Bertz CT molecular complexity index is 736. The van der Waals surface area contributed by atoms with Crippen molar-refractivity contribution in [2.75, 3.05) is 19.0 Å². The van der Waals surface area contributed by atoms with Crippen molar-refractivity contribution in [3.63, 3.8) is 0 Å². The zero-order valence-corrected chi connectivity index (χ0v) is 12.9. The summed E-state index contributed by atoms with van der Waals surface area (Å²) >= 11 is 5.60. The van der Waals surface area contributed by atoms with Gasteiger partial charge in [-0.3, -0.25) is 4.79 Å². The first-order valence-corrected chi connectivity index (χ1v) is 6.94. The van der Waals surface area contributed by atoms with Gasteiger partial charge >= 0.3 is 5.97 Å². The molecule has 0 aliphatic rings. The lowest BCUT2D eigenvalue weighted by atomic mass is 10.2. The second kappa shape index (κ2) is 7.60. The molecule has 0 bridgehead atoms. The number of carbonyl (C=O) groups excluding carboxylic acids is 2. The molecule has 1 N–H and O–H groups in total. The predicted octanol–water partition coefficient (Wildman–Crippen LogP) is 3.28. The number of hydrogen-bond acceptors (Lipinski definition) is 4. The van der Waals surface area contributed by atoms with E-state index in [-0.39, 0.29) is 10.6 Å². The summed E-state index contributed by atoms with van der Waals surface area (Å²) in [5, 5.41) is 2.70. The summed E-state index contributed by atoms with van der Waals surface area (Å²) < 4.78 is 23.4. The average molecular weight is 338 g/mol. The fourth-order valence-corrected chi connectivity index (χ4v) is 1.96. The van der Waals surface area contributed by atoms with Crippen LogP contribution in [0.5, 0.6) is 5.75 Å². The SMILES string of the molecule is COc1ccccc1NC(=O)COC(=O)c1ccc(Cl)cc1F. The van der Waals surface area contributed by atoms with Gasteiger partial charge in [0.1, 0.15) is 11.6 Å². The first kappa shape index (κ1) is 16.8. The number of halogens is 2. The number of amides is 1. The van der Waals surface area contributed by atoms with E-state index in [1.165, 1.54) is 19.2 Å². The standard InChI is InChI=1S/C16H13ClFNO4/c1-22-14-5-3-2-4-13(14)19-15(20)9-23-16(21)11-7-6-10(17)8-12(11)18/h2-8H,9H2,1H3,(H,19,20). The topological polar surface area (TPSA) is 64.6 Å². The molecule has 0 aliphatic carbocycles. The van der Waals surface area contributed by atoms with Crippen LogP contribution in [0.4, 0.5) is 10.1 Å². The molecule has 0 unspecified atom stereocenters. The quantitative estimate of drug-likeness (QED) is 0.850. The van der Waals surface area contributed by atoms with Gasteiger partial charge in [-0.05, 0) is 30.3 Å². The second-order valence-electron chi connectivity index (χ2n) is 4.45. The van der Waals surface area contributed by atoms with E-state index in [1.807, 2.05) is 0 Å². The molecule has 2 aromatic rings. The van der Waals surface area contributed by atoms with Crippen LogP contribution in [0.1, 0.15) is 10.4 Å². The highest BCUT2D eigenvalue weighted by Gasteiger charge is 2.15. The summed E-state index contributed by atoms with van der Waals surface area (Å²) in [7, 11) is 1.47. The fourth-order valence-electron chi connectivity index (χ4n) is 1.80. The highest BCUT2D eigenvalue weighted by molar-refractivity contribution is 6.30. The Hall–Kier alpha value is -2.60. The number of rotatable bonds is 5. The summed E-state index contributed by atoms with van der Waals surface area (Å²) in [5.41, 5.74) is 0.146. The molecular weight excluding hydrogens is 325 g/mol. The smallest absolute Gasteiger partial charge is 0.341 e. The van der Waals surface area contributed by atoms with Gasteiger partial charge in [0.25, 0.3) is 5.91 Å². The molecule has 5 nitrogen and oxygen atoms in total. The largest absolute Gasteiger partial charge is 0.495 e. The van der Waals surface area contributed by atoms with E-state index in [0.29, 0.717) is 11.4 Å². The van der Waals surface area contributed by atoms with E-state index in [2.05, 4.69) is 5.32 Å². The molecule has 120 valence electrons. The van der Waals surface area contributed by atoms with Crippen LogP contribution >= 0.6 is 11.6 Å². The van der Waals surface area contributed by atoms with Gasteiger partial charge in [-0.2, -0.15) is 0 Å². The van der Waals surface area contributed by atoms with Crippen molar-refractivity contribution in [3.8, 4) is 5.75 Å². The summed E-state index contributed by atoms with van der Waals surface area (Å²) in [6.45, 7) is -0.557. The number of para-hydroxylation sites is 2. The lowest BCUT2D eigenvalue weighted by molar-refractivity contribution is -0.119. The van der Waals surface area contributed by atoms with Crippen molar-refractivity contribution in [3.05, 3.63) is 58.9 Å². The maximum Gasteiger partial charge on any atom is 0.341 e. The van der Waals surface area contributed by atoms with Crippen LogP contribution in [-0.2, 0) is 9.53 Å². The third-order valence-corrected chi connectivity index (χ3v) is 3.10. The summed E-state index contributed by atoms with van der Waals surface area (Å²) in [4.78, 5) is 23.5. The van der Waals surface area contributed by atoms with E-state index in [0.717, 1.165) is 6.07 Å². The molecule has 2 rings (SSSR count). The third kappa shape index (κ3) is 4.43. The van der Waals surface area contributed by atoms with Gasteiger partial charge in [-0.15, -0.1) is 0 Å². The van der Waals surface area contributed by atoms with Crippen LogP contribution < -0.4 is 10.1 Å². The zero-order chi connectivity index (χ0) is 16.8. The predicted molar refractivity (Wildman–Crippen MR) is 83.3 cm³/mol. The molecule has 0 aliphatic heterocycles. The highest BCUT2D eigenvalue weighted by Crippen LogP contribution is 2.22. The highest BCUT2D eigenvalue weighted by atomic mass is 35.5. The molecule has 1 amide bonds. The van der Waals surface area contributed by atoms with Crippen LogP contribution in [-0.4, -0.2) is 25.6 Å². The molecule has 7 heteroatoms. The minimum atomic E-state index is -0.950. The van der Waals surface area contributed by atoms with Gasteiger partial charge in [0.15, 0.2) is 6.61 Å². The van der Waals surface area contributed by atoms with Gasteiger partial charge in [0.05, 0.1) is 18.4 Å². The average Bonchev–Trinajstić information content (AvgIpc) is 2.53. The molecule has 2 aromatic carbocycles. The fraction of sp³-hybridized carbons (Fsp3) is 0.125. The van der Waals surface area contributed by atoms with E-state index in [4.69, 9.17) is 21.1 Å². The maximum atomic E-state index is 13.6. The van der Waals surface area contributed by atoms with Crippen molar-refractivity contribution in [2.45, 2.75) is 0 Å². The maximum absolute atomic E-state index is 13.6. The zero-order valence-electron chi connectivity index (χ0n) is 12.1. The number of methoxy groups -OCH3 is 1. The van der Waals surface area contributed by atoms with Crippen molar-refractivity contribution >= 4 is 29.2 Å². The molecule has 0 spiro atoms. The van der Waals surface area contributed by atoms with Crippen molar-refractivity contribution < 1.29 is 23.5 Å². The second-order valence-corrected chi connectivity index (χ2v) is 4.89. The molecule has 0 aromatic heterocycles. The normalized spacial score (nSPS) is 10.0. The minimum Gasteiger partial charge on any atom is -0.495 e. The number of esters is 1. The molecule has 0 radical (unpaired) electrons. The lowest BCUT2D eigenvalue weighted by Crippen LogP contribution is -2.21. The number of benzene rings is 2. The van der Waals surface area contributed by atoms with Gasteiger partial charge in [0.2, 0.25) is 0 Å². The van der Waals surface area contributed by atoms with E-state index < -0.39 is 24.3 Å². The first-order chi connectivity index (χ1) is 11.0. The Labute approximate surface area is 137 Å². The number of carbonyl (C=O) groups is 2. The van der Waals surface area contributed by atoms with E-state index in [9.17, 15) is 14.0 Å². The first-order valence-electron chi connectivity index (χ1n) is 6.56. The molecule has 0 fully saturated rings. The molecule has 0 saturated carbocycles. The van der Waals surface area contributed by atoms with Crippen molar-refractivity contribution in [1.29, 1.82) is 0 Å². The molecule has 0 heterocycles. The number of ether oxygens (including phenoxy) is 2. The minimum absolute atomic E-state index is 0.160. The monoisotopic (exact) mass is 337 g/mol. The van der Waals surface area contributed by atoms with Gasteiger partial charge in [-0.25, -0.2) is 9.18 Å². The van der Waals surface area contributed by atoms with Crippen LogP contribution in [0, 0.1) is 5.82 Å². The Balaban J connectivity index is 1.95. The van der Waals surface area contributed by atoms with Crippen molar-refractivity contribution in [2.24, 2.45) is 0 Å². The summed E-state index contributed by atoms with van der Waals surface area (Å²) in [5.74, 6) is -1.87. The number of anilines is 1. The van der Waals surface area contributed by atoms with Crippen LogP contribution in [0.15, 0.2) is 42.5 Å². The van der Waals surface area contributed by atoms with Crippen LogP contribution in [0.3, 0.4) is 0 Å². The van der Waals surface area contributed by atoms with E-state index >= 15 is 0 Å². The van der Waals surface area contributed by atoms with Gasteiger partial charge in [0, 0.05) is 5.02 Å². The van der Waals surface area contributed by atoms with E-state index in [1.54, 1.807) is 24.3 Å². The Kier molecular flexibility index (Phi) is 5.54. The Morgan fingerprint density at radius 3 is 2.65 bits per heavy atom. The van der Waals surface area contributed by atoms with Crippen LogP contribution in [0.2, 0.25) is 5.02 Å². The van der Waals surface area contributed by atoms with Gasteiger partial charge < -0.3 is 14.8 Å². The number of hydrogen-bond donors (Lipinski definition) is 1. The van der Waals surface area contributed by atoms with Crippen LogP contribution in [0.25, 0.3) is 0 Å².